The Morgan fingerprint density at radius 1 is 1.11 bits per heavy atom. The molecule has 1 fully saturated rings. The van der Waals surface area contributed by atoms with Crippen molar-refractivity contribution < 1.29 is 52.4 Å². The average molecular weight is 854 g/mol. The largest absolute Gasteiger partial charge is 0.524 e. The first-order chi connectivity index (χ1) is 26.8. The summed E-state index contributed by atoms with van der Waals surface area (Å²) < 4.78 is 21.6. The van der Waals surface area contributed by atoms with Gasteiger partial charge in [-0.15, -0.1) is 23.1 Å². The number of unbranched alkanes of at least 4 members (excludes halogenated alkanes) is 1. The van der Waals surface area contributed by atoms with E-state index in [1.165, 1.54) is 37.9 Å². The number of thiazole rings is 1. The van der Waals surface area contributed by atoms with Crippen molar-refractivity contribution in [2.45, 2.75) is 109 Å². The summed E-state index contributed by atoms with van der Waals surface area (Å²) in [5, 5.41) is 7.44. The van der Waals surface area contributed by atoms with Crippen LogP contribution in [0.25, 0.3) is 0 Å². The fourth-order valence-corrected chi connectivity index (χ4v) is 8.75. The number of carbonyl (C=O) groups is 6. The molecule has 16 nitrogen and oxygen atoms in total. The minimum absolute atomic E-state index is 0.00260. The third-order valence-electron chi connectivity index (χ3n) is 9.53. The number of rotatable bonds is 23. The smallest absolute Gasteiger partial charge is 0.455 e. The van der Waals surface area contributed by atoms with Gasteiger partial charge in [0.15, 0.2) is 6.10 Å². The highest BCUT2D eigenvalue weighted by atomic mass is 32.2. The summed E-state index contributed by atoms with van der Waals surface area (Å²) in [4.78, 5) is 102. The molecule has 57 heavy (non-hydrogen) atoms. The number of carbonyl (C=O) groups excluding carboxylic acids is 6. The molecule has 1 aromatic carbocycles. The number of likely N-dealkylation sites (tertiary alicyclic amines) is 1. The number of esters is 1. The van der Waals surface area contributed by atoms with Crippen LogP contribution < -0.4 is 15.2 Å². The lowest BCUT2D eigenvalue weighted by Gasteiger charge is -2.33. The number of ether oxygens (including phenoxy) is 1. The fraction of sp³-hybridized carbons (Fsp3) is 0.605. The van der Waals surface area contributed by atoms with Gasteiger partial charge in [0, 0.05) is 70.2 Å². The molecule has 1 aliphatic rings. The molecule has 0 radical (unpaired) electrons. The van der Waals surface area contributed by atoms with Gasteiger partial charge >= 0.3 is 13.8 Å². The van der Waals surface area contributed by atoms with Gasteiger partial charge in [0.05, 0.1) is 5.25 Å². The monoisotopic (exact) mass is 853 g/mol. The van der Waals surface area contributed by atoms with Crippen LogP contribution >= 0.6 is 30.9 Å². The van der Waals surface area contributed by atoms with Gasteiger partial charge in [-0.25, -0.2) is 9.55 Å². The average Bonchev–Trinajstić information content (AvgIpc) is 3.73. The normalized spacial score (nSPS) is 16.5. The number of amides is 5. The number of phosphoric acid groups is 1. The summed E-state index contributed by atoms with van der Waals surface area (Å²) in [6, 6.07) is 5.15. The third-order valence-corrected chi connectivity index (χ3v) is 12.2. The molecule has 0 spiro atoms. The van der Waals surface area contributed by atoms with Gasteiger partial charge in [0.25, 0.3) is 5.91 Å². The van der Waals surface area contributed by atoms with Crippen molar-refractivity contribution in [3.8, 4) is 5.75 Å². The molecule has 5 amide bonds. The molecule has 0 aliphatic carbocycles. The Morgan fingerprint density at radius 3 is 2.37 bits per heavy atom. The SMILES string of the molecule is CCCCC(=O)N(C)[C@H](C[C@@H](OC(C)=O)c1nc(C(=O)N[C@@H](Cc2ccc(OP(=O)(O)O)cc2)CC(C)C(=O)NCCCSC2CC(=O)N(C)C2=O)cs1)C(C)C. The first-order valence-corrected chi connectivity index (χ1v) is 22.5. The molecular formula is C38H56N5O11PS2. The van der Waals surface area contributed by atoms with Crippen LogP contribution in [0.2, 0.25) is 0 Å². The van der Waals surface area contributed by atoms with Crippen LogP contribution in [0.5, 0.6) is 5.75 Å². The van der Waals surface area contributed by atoms with Crippen molar-refractivity contribution in [1.82, 2.24) is 25.4 Å². The Morgan fingerprint density at radius 2 is 1.79 bits per heavy atom. The molecule has 1 aliphatic heterocycles. The summed E-state index contributed by atoms with van der Waals surface area (Å²) >= 11 is 2.55. The Bertz CT molecular complexity index is 1750. The zero-order chi connectivity index (χ0) is 42.4. The topological polar surface area (TPSA) is 222 Å². The predicted molar refractivity (Wildman–Crippen MR) is 216 cm³/mol. The lowest BCUT2D eigenvalue weighted by Crippen LogP contribution is -2.41. The van der Waals surface area contributed by atoms with Crippen molar-refractivity contribution in [2.75, 3.05) is 26.4 Å². The second-order valence-electron chi connectivity index (χ2n) is 14.6. The highest BCUT2D eigenvalue weighted by Crippen LogP contribution is 2.37. The number of phosphoric ester groups is 1. The summed E-state index contributed by atoms with van der Waals surface area (Å²) in [5.74, 6) is -1.68. The highest BCUT2D eigenvalue weighted by molar-refractivity contribution is 8.00. The molecule has 0 bridgehead atoms. The van der Waals surface area contributed by atoms with E-state index >= 15 is 0 Å². The van der Waals surface area contributed by atoms with Crippen molar-refractivity contribution in [3.05, 3.63) is 45.9 Å². The van der Waals surface area contributed by atoms with E-state index in [1.807, 2.05) is 20.8 Å². The third kappa shape index (κ3) is 15.5. The van der Waals surface area contributed by atoms with Crippen LogP contribution in [-0.2, 0) is 39.7 Å². The first-order valence-electron chi connectivity index (χ1n) is 19.0. The van der Waals surface area contributed by atoms with E-state index in [0.29, 0.717) is 35.7 Å². The van der Waals surface area contributed by atoms with Gasteiger partial charge in [-0.1, -0.05) is 46.2 Å². The minimum atomic E-state index is -4.76. The lowest BCUT2D eigenvalue weighted by molar-refractivity contribution is -0.148. The highest BCUT2D eigenvalue weighted by Gasteiger charge is 2.36. The zero-order valence-corrected chi connectivity index (χ0v) is 36.1. The minimum Gasteiger partial charge on any atom is -0.455 e. The quantitative estimate of drug-likeness (QED) is 0.0519. The van der Waals surface area contributed by atoms with Crippen molar-refractivity contribution >= 4 is 66.4 Å². The molecule has 2 unspecified atom stereocenters. The molecule has 1 saturated heterocycles. The molecule has 2 heterocycles. The molecular weight excluding hydrogens is 798 g/mol. The second kappa shape index (κ2) is 22.4. The van der Waals surface area contributed by atoms with E-state index < -0.39 is 43.0 Å². The molecule has 3 rings (SSSR count). The predicted octanol–water partition coefficient (Wildman–Crippen LogP) is 4.65. The van der Waals surface area contributed by atoms with Crippen molar-refractivity contribution in [2.24, 2.45) is 11.8 Å². The van der Waals surface area contributed by atoms with Crippen LogP contribution in [0.3, 0.4) is 0 Å². The Kier molecular flexibility index (Phi) is 18.6. The van der Waals surface area contributed by atoms with Crippen LogP contribution in [0.15, 0.2) is 29.6 Å². The Hall–Kier alpha value is -3.83. The Balaban J connectivity index is 1.73. The van der Waals surface area contributed by atoms with E-state index in [-0.39, 0.29) is 72.7 Å². The summed E-state index contributed by atoms with van der Waals surface area (Å²) in [6.07, 6.45) is 2.75. The van der Waals surface area contributed by atoms with E-state index in [0.717, 1.165) is 29.1 Å². The number of aromatic nitrogens is 1. The van der Waals surface area contributed by atoms with Crippen molar-refractivity contribution in [3.63, 3.8) is 0 Å². The zero-order valence-electron chi connectivity index (χ0n) is 33.6. The van der Waals surface area contributed by atoms with Gasteiger partial charge < -0.3 is 24.8 Å². The van der Waals surface area contributed by atoms with Gasteiger partial charge in [0.2, 0.25) is 23.6 Å². The van der Waals surface area contributed by atoms with E-state index in [9.17, 15) is 33.3 Å². The molecule has 316 valence electrons. The summed E-state index contributed by atoms with van der Waals surface area (Å²) in [7, 11) is -1.55. The Labute approximate surface area is 342 Å². The number of benzene rings is 1. The van der Waals surface area contributed by atoms with Gasteiger partial charge in [-0.2, -0.15) is 0 Å². The number of hydrogen-bond donors (Lipinski definition) is 4. The first kappa shape index (κ1) is 47.5. The number of hydrogen-bond acceptors (Lipinski definition) is 12. The summed E-state index contributed by atoms with van der Waals surface area (Å²) in [6.45, 7) is 9.37. The van der Waals surface area contributed by atoms with Crippen LogP contribution in [0.1, 0.15) is 107 Å². The fourth-order valence-electron chi connectivity index (χ4n) is 6.36. The molecule has 5 atom stereocenters. The number of imide groups is 1. The van der Waals surface area contributed by atoms with Crippen LogP contribution in [0, 0.1) is 11.8 Å². The molecule has 2 aromatic rings. The van der Waals surface area contributed by atoms with Gasteiger partial charge in [-0.3, -0.25) is 43.5 Å². The van der Waals surface area contributed by atoms with E-state index in [1.54, 1.807) is 36.4 Å². The molecule has 0 saturated carbocycles. The summed E-state index contributed by atoms with van der Waals surface area (Å²) in [5.41, 5.74) is 0.777. The van der Waals surface area contributed by atoms with Crippen LogP contribution in [-0.4, -0.2) is 104 Å². The van der Waals surface area contributed by atoms with Crippen LogP contribution in [0.4, 0.5) is 0 Å². The maximum Gasteiger partial charge on any atom is 0.524 e. The lowest BCUT2D eigenvalue weighted by atomic mass is 9.95. The molecule has 19 heteroatoms. The number of thioether (sulfide) groups is 1. The maximum absolute atomic E-state index is 13.7. The van der Waals surface area contributed by atoms with Crippen molar-refractivity contribution in [1.29, 1.82) is 0 Å². The molecule has 1 aromatic heterocycles. The van der Waals surface area contributed by atoms with Gasteiger partial charge in [-0.05, 0) is 55.1 Å². The molecule has 4 N–H and O–H groups in total. The van der Waals surface area contributed by atoms with Gasteiger partial charge in [0.1, 0.15) is 16.5 Å². The maximum atomic E-state index is 13.7. The van der Waals surface area contributed by atoms with E-state index in [4.69, 9.17) is 14.5 Å². The standard InChI is InChI=1S/C38H56N5O11PS2/c1-8-9-11-33(45)42(6)30(23(2)3)20-31(53-25(5)44)37-41-29(22-57-37)36(48)40-27(19-26-12-14-28(15-13-26)54-55(50,51)52)18-24(4)35(47)39-16-10-17-56-32-21-34(46)43(7)38(32)49/h12-15,22-24,27,30-32H,8-11,16-21H2,1-7H3,(H,39,47)(H,40,48)(H2,50,51,52)/t24?,27-,30-,31-,32?/m1/s1. The van der Waals surface area contributed by atoms with E-state index in [2.05, 4.69) is 20.1 Å². The second-order valence-corrected chi connectivity index (χ2v) is 17.9. The number of nitrogens with zero attached hydrogens (tertiary/aromatic N) is 3. The number of nitrogens with one attached hydrogen (secondary N) is 2.